The zero-order valence-electron chi connectivity index (χ0n) is 10.6. The van der Waals surface area contributed by atoms with Crippen molar-refractivity contribution in [2.45, 2.75) is 32.2 Å². The van der Waals surface area contributed by atoms with E-state index in [4.69, 9.17) is 0 Å². The Labute approximate surface area is 108 Å². The highest BCUT2D eigenvalue weighted by atomic mass is 16.2. The normalized spacial score (nSPS) is 18.1. The molecule has 1 atom stereocenters. The van der Waals surface area contributed by atoms with Crippen molar-refractivity contribution in [3.05, 3.63) is 29.8 Å². The van der Waals surface area contributed by atoms with Crippen LogP contribution in [0.2, 0.25) is 0 Å². The van der Waals surface area contributed by atoms with Gasteiger partial charge in [0.15, 0.2) is 0 Å². The van der Waals surface area contributed by atoms with E-state index in [1.807, 2.05) is 25.1 Å². The van der Waals surface area contributed by atoms with E-state index in [1.165, 1.54) is 5.56 Å². The third-order valence-electron chi connectivity index (χ3n) is 3.11. The van der Waals surface area contributed by atoms with Gasteiger partial charge in [-0.2, -0.15) is 0 Å². The Morgan fingerprint density at radius 2 is 2.28 bits per heavy atom. The van der Waals surface area contributed by atoms with Crippen molar-refractivity contribution in [1.29, 1.82) is 0 Å². The molecule has 0 aromatic heterocycles. The minimum atomic E-state index is -0.115. The van der Waals surface area contributed by atoms with Crippen molar-refractivity contribution in [2.75, 3.05) is 11.9 Å². The highest BCUT2D eigenvalue weighted by Crippen LogP contribution is 2.21. The van der Waals surface area contributed by atoms with E-state index >= 15 is 0 Å². The Morgan fingerprint density at radius 1 is 1.44 bits per heavy atom. The Kier molecular flexibility index (Phi) is 4.38. The van der Waals surface area contributed by atoms with Gasteiger partial charge in [0.25, 0.3) is 0 Å². The zero-order valence-corrected chi connectivity index (χ0v) is 10.6. The fourth-order valence-corrected chi connectivity index (χ4v) is 2.14. The first-order valence-electron chi connectivity index (χ1n) is 6.33. The minimum absolute atomic E-state index is 0.0596. The molecule has 94 valence electrons. The molecule has 3 nitrogen and oxygen atoms in total. The Bertz CT molecular complexity index is 485. The van der Waals surface area contributed by atoms with E-state index in [9.17, 15) is 4.79 Å². The second-order valence-corrected chi connectivity index (χ2v) is 4.37. The topological polar surface area (TPSA) is 41.1 Å². The maximum Gasteiger partial charge on any atom is 0.241 e. The summed E-state index contributed by atoms with van der Waals surface area (Å²) in [6, 6.07) is 7.87. The lowest BCUT2D eigenvalue weighted by atomic mass is 10.1. The number of para-hydroxylation sites is 1. The predicted molar refractivity (Wildman–Crippen MR) is 73.3 cm³/mol. The van der Waals surface area contributed by atoms with Crippen LogP contribution >= 0.6 is 0 Å². The molecule has 1 unspecified atom stereocenters. The van der Waals surface area contributed by atoms with Crippen LogP contribution in [0.15, 0.2) is 24.3 Å². The molecule has 3 heteroatoms. The van der Waals surface area contributed by atoms with E-state index in [0.717, 1.165) is 31.5 Å². The largest absolute Gasteiger partial charge is 0.324 e. The van der Waals surface area contributed by atoms with Crippen LogP contribution in [0, 0.1) is 11.8 Å². The lowest BCUT2D eigenvalue weighted by Crippen LogP contribution is -2.40. The quantitative estimate of drug-likeness (QED) is 0.628. The molecular formula is C15H18N2O. The summed E-state index contributed by atoms with van der Waals surface area (Å²) in [7, 11) is 0. The van der Waals surface area contributed by atoms with Gasteiger partial charge in [0.2, 0.25) is 5.91 Å². The molecule has 0 radical (unpaired) electrons. The third kappa shape index (κ3) is 3.12. The number of hydrogen-bond acceptors (Lipinski definition) is 2. The first-order valence-corrected chi connectivity index (χ1v) is 6.33. The number of benzene rings is 1. The van der Waals surface area contributed by atoms with Crippen molar-refractivity contribution >= 4 is 11.6 Å². The number of anilines is 1. The predicted octanol–water partition coefficient (Wildman–Crippen LogP) is 1.94. The van der Waals surface area contributed by atoms with Gasteiger partial charge in [-0.3, -0.25) is 4.79 Å². The van der Waals surface area contributed by atoms with Crippen molar-refractivity contribution in [3.63, 3.8) is 0 Å². The number of aryl methyl sites for hydroxylation is 1. The van der Waals surface area contributed by atoms with Crippen LogP contribution in [0.25, 0.3) is 0 Å². The maximum atomic E-state index is 12.0. The molecule has 1 aliphatic rings. The third-order valence-corrected chi connectivity index (χ3v) is 3.11. The molecule has 0 spiro atoms. The van der Waals surface area contributed by atoms with Crippen molar-refractivity contribution in [2.24, 2.45) is 0 Å². The van der Waals surface area contributed by atoms with E-state index < -0.39 is 0 Å². The van der Waals surface area contributed by atoms with Gasteiger partial charge in [0.05, 0.1) is 6.04 Å². The Hall–Kier alpha value is -1.79. The van der Waals surface area contributed by atoms with Crippen molar-refractivity contribution in [3.8, 4) is 11.8 Å². The molecule has 1 aromatic rings. The van der Waals surface area contributed by atoms with Gasteiger partial charge in [0.1, 0.15) is 0 Å². The summed E-state index contributed by atoms with van der Waals surface area (Å²) in [5, 5.41) is 6.24. The first-order chi connectivity index (χ1) is 8.81. The van der Waals surface area contributed by atoms with E-state index in [0.29, 0.717) is 0 Å². The van der Waals surface area contributed by atoms with Gasteiger partial charge in [0, 0.05) is 18.7 Å². The van der Waals surface area contributed by atoms with Gasteiger partial charge < -0.3 is 10.6 Å². The van der Waals surface area contributed by atoms with Gasteiger partial charge >= 0.3 is 0 Å². The number of hydrogen-bond donors (Lipinski definition) is 2. The summed E-state index contributed by atoms with van der Waals surface area (Å²) >= 11 is 0. The molecule has 0 bridgehead atoms. The molecule has 1 heterocycles. The van der Waals surface area contributed by atoms with Crippen LogP contribution in [0.4, 0.5) is 5.69 Å². The van der Waals surface area contributed by atoms with E-state index in [2.05, 4.69) is 28.5 Å². The fraction of sp³-hybridized carbons (Fsp3) is 0.400. The number of amides is 1. The molecule has 18 heavy (non-hydrogen) atoms. The average molecular weight is 242 g/mol. The molecule has 0 fully saturated rings. The maximum absolute atomic E-state index is 12.0. The summed E-state index contributed by atoms with van der Waals surface area (Å²) in [4.78, 5) is 12.0. The monoisotopic (exact) mass is 242 g/mol. The number of carbonyl (C=O) groups is 1. The molecule has 1 aliphatic heterocycles. The number of rotatable bonds is 3. The van der Waals surface area contributed by atoms with Crippen molar-refractivity contribution in [1.82, 2.24) is 5.32 Å². The summed E-state index contributed by atoms with van der Waals surface area (Å²) in [5.74, 6) is 5.90. The molecule has 2 rings (SSSR count). The van der Waals surface area contributed by atoms with Crippen LogP contribution in [-0.2, 0) is 11.2 Å². The molecule has 0 saturated carbocycles. The molecular weight excluding hydrogens is 224 g/mol. The van der Waals surface area contributed by atoms with Gasteiger partial charge in [-0.1, -0.05) is 18.2 Å². The van der Waals surface area contributed by atoms with E-state index in [1.54, 1.807) is 0 Å². The molecule has 0 aliphatic carbocycles. The molecule has 0 saturated heterocycles. The van der Waals surface area contributed by atoms with Crippen LogP contribution in [0.5, 0.6) is 0 Å². The molecule has 1 amide bonds. The number of nitrogens with one attached hydrogen (secondary N) is 2. The molecule has 1 aromatic carbocycles. The van der Waals surface area contributed by atoms with Crippen LogP contribution in [0.1, 0.15) is 25.3 Å². The Balaban J connectivity index is 1.96. The van der Waals surface area contributed by atoms with Gasteiger partial charge in [-0.25, -0.2) is 0 Å². The smallest absolute Gasteiger partial charge is 0.241 e. The van der Waals surface area contributed by atoms with Gasteiger partial charge in [-0.05, 0) is 31.4 Å². The van der Waals surface area contributed by atoms with Crippen LogP contribution < -0.4 is 10.6 Å². The zero-order chi connectivity index (χ0) is 12.8. The highest BCUT2D eigenvalue weighted by molar-refractivity contribution is 5.96. The summed E-state index contributed by atoms with van der Waals surface area (Å²) in [6.07, 6.45) is 2.54. The standard InChI is InChI=1S/C15H18N2O/c1-2-3-6-11-16-14-10-9-12-7-4-5-8-13(12)17-15(14)18/h4-5,7-8,14,16H,6,9-11H2,1H3,(H,17,18). The second-order valence-electron chi connectivity index (χ2n) is 4.37. The SMILES string of the molecule is CC#CCCNC1CCc2ccccc2NC1=O. The lowest BCUT2D eigenvalue weighted by Gasteiger charge is -2.14. The molecule has 2 N–H and O–H groups in total. The minimum Gasteiger partial charge on any atom is -0.324 e. The number of fused-ring (bicyclic) bond motifs is 1. The number of carbonyl (C=O) groups excluding carboxylic acids is 1. The second kappa shape index (κ2) is 6.23. The van der Waals surface area contributed by atoms with Crippen molar-refractivity contribution < 1.29 is 4.79 Å². The lowest BCUT2D eigenvalue weighted by molar-refractivity contribution is -0.118. The van der Waals surface area contributed by atoms with Crippen LogP contribution in [0.3, 0.4) is 0 Å². The van der Waals surface area contributed by atoms with Crippen LogP contribution in [-0.4, -0.2) is 18.5 Å². The fourth-order valence-electron chi connectivity index (χ4n) is 2.14. The summed E-state index contributed by atoms with van der Waals surface area (Å²) in [6.45, 7) is 2.59. The first kappa shape index (κ1) is 12.7. The average Bonchev–Trinajstić information content (AvgIpc) is 2.54. The van der Waals surface area contributed by atoms with Gasteiger partial charge in [-0.15, -0.1) is 11.8 Å². The highest BCUT2D eigenvalue weighted by Gasteiger charge is 2.22. The summed E-state index contributed by atoms with van der Waals surface area (Å²) < 4.78 is 0. The summed E-state index contributed by atoms with van der Waals surface area (Å²) in [5.41, 5.74) is 2.16. The Morgan fingerprint density at radius 3 is 3.11 bits per heavy atom. The van der Waals surface area contributed by atoms with E-state index in [-0.39, 0.29) is 11.9 Å².